The normalized spacial score (nSPS) is 20.4. The Balaban J connectivity index is 1.77. The van der Waals surface area contributed by atoms with Gasteiger partial charge in [0.15, 0.2) is 0 Å². The van der Waals surface area contributed by atoms with Gasteiger partial charge >= 0.3 is 12.2 Å². The Morgan fingerprint density at radius 3 is 2.15 bits per heavy atom. The van der Waals surface area contributed by atoms with Gasteiger partial charge in [0.1, 0.15) is 5.82 Å². The van der Waals surface area contributed by atoms with Crippen LogP contribution in [0, 0.1) is 17.1 Å². The maximum absolute atomic E-state index is 14.6. The average Bonchev–Trinajstić information content (AvgIpc) is 3.09. The number of carbonyl (C=O) groups excluding carboxylic acids is 2. The summed E-state index contributed by atoms with van der Waals surface area (Å²) in [6.07, 6.45) is -1.96. The van der Waals surface area contributed by atoms with E-state index in [4.69, 9.17) is 5.26 Å². The van der Waals surface area contributed by atoms with Gasteiger partial charge in [-0.2, -0.15) is 18.4 Å². The van der Waals surface area contributed by atoms with Gasteiger partial charge in [-0.05, 0) is 49.2 Å². The van der Waals surface area contributed by atoms with Crippen LogP contribution in [0.1, 0.15) is 47.2 Å². The Morgan fingerprint density at radius 1 is 1.06 bits per heavy atom. The maximum atomic E-state index is 14.6. The number of nitriles is 1. The van der Waals surface area contributed by atoms with Crippen LogP contribution in [0.3, 0.4) is 0 Å². The number of urea groups is 1. The average molecular weight is 460 g/mol. The van der Waals surface area contributed by atoms with Crippen LogP contribution in [0.5, 0.6) is 0 Å². The lowest BCUT2D eigenvalue weighted by molar-refractivity contribution is -0.137. The summed E-state index contributed by atoms with van der Waals surface area (Å²) in [7, 11) is 1.37. The van der Waals surface area contributed by atoms with Crippen LogP contribution in [-0.2, 0) is 6.18 Å². The summed E-state index contributed by atoms with van der Waals surface area (Å²) in [5, 5.41) is 11.4. The van der Waals surface area contributed by atoms with Crippen molar-refractivity contribution in [2.75, 3.05) is 16.8 Å². The summed E-state index contributed by atoms with van der Waals surface area (Å²) in [6.45, 7) is 0. The highest BCUT2D eigenvalue weighted by molar-refractivity contribution is 6.08. The summed E-state index contributed by atoms with van der Waals surface area (Å²) >= 11 is 0. The number of anilines is 2. The zero-order valence-electron chi connectivity index (χ0n) is 17.6. The number of carbonyl (C=O) groups is 2. The first-order chi connectivity index (χ1) is 15.7. The van der Waals surface area contributed by atoms with Gasteiger partial charge in [-0.3, -0.25) is 14.6 Å². The number of hydrogen-bond donors (Lipinski definition) is 1. The highest BCUT2D eigenvalue weighted by atomic mass is 19.4. The first-order valence-electron chi connectivity index (χ1n) is 10.4. The highest BCUT2D eigenvalue weighted by Crippen LogP contribution is 2.42. The molecule has 1 heterocycles. The Labute approximate surface area is 187 Å². The molecular formula is C23H20F4N4O2. The van der Waals surface area contributed by atoms with Crippen molar-refractivity contribution in [3.63, 3.8) is 0 Å². The minimum atomic E-state index is -4.76. The Hall–Kier alpha value is -3.61. The summed E-state index contributed by atoms with van der Waals surface area (Å²) in [4.78, 5) is 28.0. The molecule has 0 spiro atoms. The molecule has 33 heavy (non-hydrogen) atoms. The number of nitrogens with zero attached hydrogens (tertiary/aromatic N) is 3. The molecule has 1 saturated carbocycles. The molecule has 0 aromatic heterocycles. The summed E-state index contributed by atoms with van der Waals surface area (Å²) in [5.41, 5.74) is -1.54. The number of alkyl halides is 3. The van der Waals surface area contributed by atoms with E-state index >= 15 is 0 Å². The summed E-state index contributed by atoms with van der Waals surface area (Å²) in [5.74, 6) is -1.41. The molecule has 2 atom stereocenters. The SMILES string of the molecule is CNC(=O)c1ccc(N2C(=O)N(c3ccc(C#N)c(C(F)(F)F)c3)C3CCCCC32)cc1F. The van der Waals surface area contributed by atoms with Crippen molar-refractivity contribution >= 4 is 23.3 Å². The van der Waals surface area contributed by atoms with E-state index in [1.807, 2.05) is 0 Å². The molecule has 1 saturated heterocycles. The van der Waals surface area contributed by atoms with E-state index in [2.05, 4.69) is 5.32 Å². The largest absolute Gasteiger partial charge is 0.417 e. The van der Waals surface area contributed by atoms with E-state index in [0.29, 0.717) is 12.8 Å². The lowest BCUT2D eigenvalue weighted by Crippen LogP contribution is -2.40. The smallest absolute Gasteiger partial charge is 0.355 e. The van der Waals surface area contributed by atoms with Gasteiger partial charge in [-0.15, -0.1) is 0 Å². The van der Waals surface area contributed by atoms with Crippen molar-refractivity contribution < 1.29 is 27.2 Å². The van der Waals surface area contributed by atoms with Crippen molar-refractivity contribution in [3.8, 4) is 6.07 Å². The van der Waals surface area contributed by atoms with Crippen LogP contribution in [0.25, 0.3) is 0 Å². The van der Waals surface area contributed by atoms with Crippen LogP contribution in [0.2, 0.25) is 0 Å². The fourth-order valence-electron chi connectivity index (χ4n) is 4.68. The quantitative estimate of drug-likeness (QED) is 0.667. The molecule has 2 aromatic rings. The van der Waals surface area contributed by atoms with E-state index in [-0.39, 0.29) is 23.0 Å². The number of hydrogen-bond acceptors (Lipinski definition) is 3. The second-order valence-corrected chi connectivity index (χ2v) is 8.02. The van der Waals surface area contributed by atoms with Gasteiger partial charge in [-0.1, -0.05) is 12.8 Å². The molecule has 3 amide bonds. The van der Waals surface area contributed by atoms with Crippen molar-refractivity contribution in [1.82, 2.24) is 5.32 Å². The predicted octanol–water partition coefficient (Wildman–Crippen LogP) is 4.83. The van der Waals surface area contributed by atoms with E-state index < -0.39 is 41.1 Å². The molecule has 2 aromatic carbocycles. The third kappa shape index (κ3) is 3.88. The van der Waals surface area contributed by atoms with Gasteiger partial charge in [0.2, 0.25) is 0 Å². The highest BCUT2D eigenvalue weighted by Gasteiger charge is 2.48. The number of benzene rings is 2. The lowest BCUT2D eigenvalue weighted by Gasteiger charge is -2.32. The monoisotopic (exact) mass is 460 g/mol. The predicted molar refractivity (Wildman–Crippen MR) is 112 cm³/mol. The minimum absolute atomic E-state index is 0.0353. The number of halogens is 4. The van der Waals surface area contributed by atoms with Crippen molar-refractivity contribution in [3.05, 3.63) is 58.9 Å². The van der Waals surface area contributed by atoms with Crippen LogP contribution >= 0.6 is 0 Å². The number of fused-ring (bicyclic) bond motifs is 1. The van der Waals surface area contributed by atoms with Crippen LogP contribution < -0.4 is 15.1 Å². The molecule has 10 heteroatoms. The molecule has 1 aliphatic heterocycles. The molecule has 1 aliphatic carbocycles. The minimum Gasteiger partial charge on any atom is -0.355 e. The van der Waals surface area contributed by atoms with Gasteiger partial charge in [0.05, 0.1) is 34.8 Å². The molecule has 4 rings (SSSR count). The first-order valence-corrected chi connectivity index (χ1v) is 10.4. The molecule has 1 N–H and O–H groups in total. The lowest BCUT2D eigenvalue weighted by atomic mass is 9.89. The van der Waals surface area contributed by atoms with E-state index in [0.717, 1.165) is 31.0 Å². The van der Waals surface area contributed by atoms with E-state index in [1.54, 1.807) is 0 Å². The van der Waals surface area contributed by atoms with Gasteiger partial charge in [-0.25, -0.2) is 9.18 Å². The van der Waals surface area contributed by atoms with E-state index in [1.165, 1.54) is 41.1 Å². The van der Waals surface area contributed by atoms with Gasteiger partial charge in [0.25, 0.3) is 5.91 Å². The zero-order valence-corrected chi connectivity index (χ0v) is 17.6. The van der Waals surface area contributed by atoms with Crippen molar-refractivity contribution in [2.45, 2.75) is 43.9 Å². The maximum Gasteiger partial charge on any atom is 0.417 e. The molecule has 6 nitrogen and oxygen atoms in total. The van der Waals surface area contributed by atoms with E-state index in [9.17, 15) is 27.2 Å². The zero-order chi connectivity index (χ0) is 23.9. The molecule has 2 fully saturated rings. The Kier molecular flexibility index (Phi) is 5.74. The molecule has 2 unspecified atom stereocenters. The summed E-state index contributed by atoms with van der Waals surface area (Å²) < 4.78 is 55.1. The second-order valence-electron chi connectivity index (χ2n) is 8.02. The van der Waals surface area contributed by atoms with Gasteiger partial charge < -0.3 is 5.32 Å². The third-order valence-electron chi connectivity index (χ3n) is 6.18. The van der Waals surface area contributed by atoms with Crippen LogP contribution in [-0.4, -0.2) is 31.1 Å². The van der Waals surface area contributed by atoms with Crippen molar-refractivity contribution in [1.29, 1.82) is 5.26 Å². The fourth-order valence-corrected chi connectivity index (χ4v) is 4.68. The topological polar surface area (TPSA) is 76.4 Å². The first kappa shape index (κ1) is 22.6. The Bertz CT molecular complexity index is 1160. The third-order valence-corrected chi connectivity index (χ3v) is 6.18. The summed E-state index contributed by atoms with van der Waals surface area (Å²) in [6, 6.07) is 7.25. The van der Waals surface area contributed by atoms with Crippen LogP contribution in [0.4, 0.5) is 33.7 Å². The molecule has 0 radical (unpaired) electrons. The standard InChI is InChI=1S/C23H20F4N4O2/c1-29-21(32)16-9-8-15(11-18(16)24)31-20-5-3-2-4-19(20)30(22(31)33)14-7-6-13(12-28)17(10-14)23(25,26)27/h6-11,19-20H,2-5H2,1H3,(H,29,32). The molecule has 2 aliphatic rings. The number of rotatable bonds is 3. The van der Waals surface area contributed by atoms with Crippen LogP contribution in [0.15, 0.2) is 36.4 Å². The Morgan fingerprint density at radius 2 is 1.64 bits per heavy atom. The number of amides is 3. The molecular weight excluding hydrogens is 440 g/mol. The molecule has 172 valence electrons. The molecule has 0 bridgehead atoms. The van der Waals surface area contributed by atoms with Gasteiger partial charge in [0, 0.05) is 18.4 Å². The second kappa shape index (κ2) is 8.39. The number of nitrogens with one attached hydrogen (secondary N) is 1. The fraction of sp³-hybridized carbons (Fsp3) is 0.348. The van der Waals surface area contributed by atoms with Crippen molar-refractivity contribution in [2.24, 2.45) is 0 Å².